The van der Waals surface area contributed by atoms with Gasteiger partial charge in [0.05, 0.1) is 17.5 Å². The Morgan fingerprint density at radius 2 is 1.85 bits per heavy atom. The molecular weight excluding hydrogens is 453 g/mol. The number of carbonyl (C=O) groups excluding carboxylic acids is 3. The van der Waals surface area contributed by atoms with Gasteiger partial charge in [-0.2, -0.15) is 13.2 Å². The highest BCUT2D eigenvalue weighted by molar-refractivity contribution is 5.91. The number of halogens is 3. The third-order valence-electron chi connectivity index (χ3n) is 5.87. The van der Waals surface area contributed by atoms with Crippen LogP contribution in [0.1, 0.15) is 28.8 Å². The molecule has 4 unspecified atom stereocenters. The first-order chi connectivity index (χ1) is 16.2. The van der Waals surface area contributed by atoms with Crippen molar-refractivity contribution in [1.29, 1.82) is 0 Å². The third-order valence-corrected chi connectivity index (χ3v) is 5.87. The van der Waals surface area contributed by atoms with E-state index in [1.54, 1.807) is 36.4 Å². The van der Waals surface area contributed by atoms with E-state index in [2.05, 4.69) is 0 Å². The molecule has 4 rings (SSSR count). The summed E-state index contributed by atoms with van der Waals surface area (Å²) >= 11 is 0. The zero-order valence-electron chi connectivity index (χ0n) is 17.9. The van der Waals surface area contributed by atoms with Crippen molar-refractivity contribution in [1.82, 2.24) is 0 Å². The molecule has 9 heteroatoms. The van der Waals surface area contributed by atoms with Crippen molar-refractivity contribution in [3.8, 4) is 5.75 Å². The van der Waals surface area contributed by atoms with E-state index in [0.717, 1.165) is 12.1 Å². The van der Waals surface area contributed by atoms with Gasteiger partial charge in [0.15, 0.2) is 12.4 Å². The predicted molar refractivity (Wildman–Crippen MR) is 113 cm³/mol. The maximum Gasteiger partial charge on any atom is 0.416 e. The van der Waals surface area contributed by atoms with Gasteiger partial charge in [0.1, 0.15) is 18.0 Å². The molecule has 0 amide bonds. The van der Waals surface area contributed by atoms with Gasteiger partial charge in [0.2, 0.25) is 0 Å². The summed E-state index contributed by atoms with van der Waals surface area (Å²) in [5.41, 5.74) is -0.496. The average molecular weight is 474 g/mol. The molecule has 0 radical (unpaired) electrons. The van der Waals surface area contributed by atoms with Crippen LogP contribution in [0.15, 0.2) is 66.7 Å². The molecule has 1 saturated carbocycles. The number of hydrogen-bond acceptors (Lipinski definition) is 6. The molecule has 0 aromatic heterocycles. The molecule has 6 nitrogen and oxygen atoms in total. The quantitative estimate of drug-likeness (QED) is 0.438. The Labute approximate surface area is 193 Å². The SMILES string of the molecule is O=C(C=CC1C(OC(=O)c2ccccc2)CC2OC(=O)CC21)COc1cccc(C(F)(F)F)c1. The Morgan fingerprint density at radius 1 is 1.09 bits per heavy atom. The fourth-order valence-electron chi connectivity index (χ4n) is 4.25. The topological polar surface area (TPSA) is 78.9 Å². The van der Waals surface area contributed by atoms with Gasteiger partial charge in [0.25, 0.3) is 0 Å². The van der Waals surface area contributed by atoms with E-state index in [0.29, 0.717) is 12.0 Å². The van der Waals surface area contributed by atoms with Crippen LogP contribution in [0, 0.1) is 11.8 Å². The van der Waals surface area contributed by atoms with Crippen molar-refractivity contribution in [2.24, 2.45) is 11.8 Å². The second-order valence-electron chi connectivity index (χ2n) is 8.16. The lowest BCUT2D eigenvalue weighted by Gasteiger charge is -2.20. The molecule has 1 heterocycles. The van der Waals surface area contributed by atoms with Gasteiger partial charge in [0, 0.05) is 18.3 Å². The standard InChI is InChI=1S/C25H21F3O6/c26-25(27,28)16-7-4-8-18(11-16)32-14-17(29)9-10-19-20-12-23(30)33-22(20)13-21(19)34-24(31)15-5-2-1-3-6-15/h1-11,19-22H,12-14H2. The van der Waals surface area contributed by atoms with Crippen molar-refractivity contribution >= 4 is 17.7 Å². The lowest BCUT2D eigenvalue weighted by Crippen LogP contribution is -2.25. The van der Waals surface area contributed by atoms with Crippen LogP contribution in [-0.4, -0.2) is 36.5 Å². The second-order valence-corrected chi connectivity index (χ2v) is 8.16. The largest absolute Gasteiger partial charge is 0.485 e. The zero-order valence-corrected chi connectivity index (χ0v) is 17.9. The van der Waals surface area contributed by atoms with Gasteiger partial charge in [-0.1, -0.05) is 30.3 Å². The van der Waals surface area contributed by atoms with Gasteiger partial charge in [-0.05, 0) is 36.4 Å². The molecule has 2 aromatic rings. The van der Waals surface area contributed by atoms with Gasteiger partial charge in [-0.3, -0.25) is 9.59 Å². The average Bonchev–Trinajstić information content (AvgIpc) is 3.31. The van der Waals surface area contributed by atoms with E-state index >= 15 is 0 Å². The lowest BCUT2D eigenvalue weighted by molar-refractivity contribution is -0.142. The molecular formula is C25H21F3O6. The highest BCUT2D eigenvalue weighted by Crippen LogP contribution is 2.43. The maximum atomic E-state index is 12.8. The van der Waals surface area contributed by atoms with Gasteiger partial charge < -0.3 is 14.2 Å². The Bertz CT molecular complexity index is 1100. The first-order valence-electron chi connectivity index (χ1n) is 10.7. The van der Waals surface area contributed by atoms with Crippen molar-refractivity contribution in [3.05, 3.63) is 77.9 Å². The van der Waals surface area contributed by atoms with Gasteiger partial charge in [-0.25, -0.2) is 4.79 Å². The molecule has 1 saturated heterocycles. The lowest BCUT2D eigenvalue weighted by atomic mass is 9.91. The smallest absolute Gasteiger partial charge is 0.416 e. The summed E-state index contributed by atoms with van der Waals surface area (Å²) in [6, 6.07) is 12.7. The summed E-state index contributed by atoms with van der Waals surface area (Å²) < 4.78 is 54.7. The van der Waals surface area contributed by atoms with Gasteiger partial charge >= 0.3 is 18.1 Å². The van der Waals surface area contributed by atoms with Crippen LogP contribution in [0.2, 0.25) is 0 Å². The summed E-state index contributed by atoms with van der Waals surface area (Å²) in [6.45, 7) is -0.470. The minimum Gasteiger partial charge on any atom is -0.485 e. The van der Waals surface area contributed by atoms with E-state index in [1.165, 1.54) is 18.2 Å². The van der Waals surface area contributed by atoms with E-state index < -0.39 is 48.2 Å². The van der Waals surface area contributed by atoms with E-state index in [9.17, 15) is 27.6 Å². The van der Waals surface area contributed by atoms with Crippen LogP contribution in [0.3, 0.4) is 0 Å². The number of ketones is 1. The number of ether oxygens (including phenoxy) is 3. The van der Waals surface area contributed by atoms with Crippen molar-refractivity contribution < 1.29 is 41.8 Å². The minimum atomic E-state index is -4.52. The van der Waals surface area contributed by atoms with Crippen LogP contribution >= 0.6 is 0 Å². The Balaban J connectivity index is 1.40. The van der Waals surface area contributed by atoms with Crippen LogP contribution in [0.4, 0.5) is 13.2 Å². The number of carbonyl (C=O) groups is 3. The molecule has 34 heavy (non-hydrogen) atoms. The minimum absolute atomic E-state index is 0.0815. The number of fused-ring (bicyclic) bond motifs is 1. The molecule has 2 aromatic carbocycles. The summed E-state index contributed by atoms with van der Waals surface area (Å²) in [7, 11) is 0. The molecule has 2 fully saturated rings. The van der Waals surface area contributed by atoms with Crippen molar-refractivity contribution in [2.75, 3.05) is 6.61 Å². The first kappa shape index (κ1) is 23.5. The number of alkyl halides is 3. The highest BCUT2D eigenvalue weighted by Gasteiger charge is 2.50. The summed E-state index contributed by atoms with van der Waals surface area (Å²) in [5, 5.41) is 0. The summed E-state index contributed by atoms with van der Waals surface area (Å²) in [4.78, 5) is 36.6. The third kappa shape index (κ3) is 5.47. The maximum absolute atomic E-state index is 12.8. The number of benzene rings is 2. The molecule has 2 aliphatic rings. The molecule has 0 spiro atoms. The second kappa shape index (κ2) is 9.70. The molecule has 1 aliphatic heterocycles. The molecule has 4 atom stereocenters. The van der Waals surface area contributed by atoms with Crippen molar-refractivity contribution in [2.45, 2.75) is 31.2 Å². The molecule has 0 bridgehead atoms. The number of esters is 2. The summed E-state index contributed by atoms with van der Waals surface area (Å²) in [6.07, 6.45) is -2.25. The molecule has 1 aliphatic carbocycles. The summed E-state index contributed by atoms with van der Waals surface area (Å²) in [5.74, 6) is -2.10. The normalized spacial score (nSPS) is 24.0. The molecule has 0 N–H and O–H groups in total. The van der Waals surface area contributed by atoms with Gasteiger partial charge in [-0.15, -0.1) is 0 Å². The van der Waals surface area contributed by atoms with E-state index in [-0.39, 0.29) is 24.1 Å². The predicted octanol–water partition coefficient (Wildman–Crippen LogP) is 4.39. The van der Waals surface area contributed by atoms with Crippen molar-refractivity contribution in [3.63, 3.8) is 0 Å². The Morgan fingerprint density at radius 3 is 2.59 bits per heavy atom. The molecule has 178 valence electrons. The fourth-order valence-corrected chi connectivity index (χ4v) is 4.25. The first-order valence-corrected chi connectivity index (χ1v) is 10.7. The van der Waals surface area contributed by atoms with Crippen LogP contribution < -0.4 is 4.74 Å². The number of hydrogen-bond donors (Lipinski definition) is 0. The van der Waals surface area contributed by atoms with E-state index in [4.69, 9.17) is 14.2 Å². The van der Waals surface area contributed by atoms with Crippen LogP contribution in [-0.2, 0) is 25.2 Å². The zero-order chi connectivity index (χ0) is 24.3. The van der Waals surface area contributed by atoms with E-state index in [1.807, 2.05) is 0 Å². The fraction of sp³-hybridized carbons (Fsp3) is 0.320. The monoisotopic (exact) mass is 474 g/mol. The van der Waals surface area contributed by atoms with Crippen LogP contribution in [0.25, 0.3) is 0 Å². The Hall–Kier alpha value is -3.62. The van der Waals surface area contributed by atoms with Crippen LogP contribution in [0.5, 0.6) is 5.75 Å². The number of rotatable bonds is 7. The Kier molecular flexibility index (Phi) is 6.72. The highest BCUT2D eigenvalue weighted by atomic mass is 19.4.